The summed E-state index contributed by atoms with van der Waals surface area (Å²) in [5, 5.41) is 8.09. The third-order valence-corrected chi connectivity index (χ3v) is 8.46. The highest BCUT2D eigenvalue weighted by atomic mass is 16.5. The van der Waals surface area contributed by atoms with Gasteiger partial charge in [0, 0.05) is 42.2 Å². The van der Waals surface area contributed by atoms with Crippen LogP contribution in [0.4, 0.5) is 16.2 Å². The van der Waals surface area contributed by atoms with Crippen LogP contribution < -0.4 is 15.4 Å². The molecule has 0 spiro atoms. The summed E-state index contributed by atoms with van der Waals surface area (Å²) < 4.78 is 11.1. The number of amides is 2. The number of carbonyl (C=O) groups is 1. The van der Waals surface area contributed by atoms with Crippen molar-refractivity contribution in [3.05, 3.63) is 120 Å². The quantitative estimate of drug-likeness (QED) is 0.195. The normalized spacial score (nSPS) is 13.9. The second-order valence-electron chi connectivity index (χ2n) is 11.6. The summed E-state index contributed by atoms with van der Waals surface area (Å²) in [5.41, 5.74) is 6.46. The van der Waals surface area contributed by atoms with Crippen molar-refractivity contribution in [2.75, 3.05) is 44.0 Å². The van der Waals surface area contributed by atoms with Gasteiger partial charge in [-0.1, -0.05) is 86.6 Å². The Kier molecular flexibility index (Phi) is 8.59. The SMILES string of the molecule is COc1ccc(C(C)(C)c2ccccc2)cc1NC(=O)Nc1ccc(-c2ccc(CN3CCOCC3)nc2)c2ccccc12. The first kappa shape index (κ1) is 29.4. The predicted octanol–water partition coefficient (Wildman–Crippen LogP) is 7.71. The summed E-state index contributed by atoms with van der Waals surface area (Å²) >= 11 is 0. The van der Waals surface area contributed by atoms with Crippen molar-refractivity contribution in [3.63, 3.8) is 0 Å². The summed E-state index contributed by atoms with van der Waals surface area (Å²) in [6.45, 7) is 8.58. The van der Waals surface area contributed by atoms with Crippen molar-refractivity contribution in [2.24, 2.45) is 0 Å². The molecule has 7 nitrogen and oxygen atoms in total. The number of carbonyl (C=O) groups excluding carboxylic acids is 1. The highest BCUT2D eigenvalue weighted by Gasteiger charge is 2.24. The van der Waals surface area contributed by atoms with E-state index in [2.05, 4.69) is 59.7 Å². The Morgan fingerprint density at radius 2 is 1.57 bits per heavy atom. The summed E-state index contributed by atoms with van der Waals surface area (Å²) in [7, 11) is 1.61. The van der Waals surface area contributed by atoms with Crippen LogP contribution >= 0.6 is 0 Å². The van der Waals surface area contributed by atoms with Crippen LogP contribution in [0.3, 0.4) is 0 Å². The molecule has 1 saturated heterocycles. The van der Waals surface area contributed by atoms with Gasteiger partial charge in [0.1, 0.15) is 5.75 Å². The van der Waals surface area contributed by atoms with Gasteiger partial charge in [-0.3, -0.25) is 9.88 Å². The van der Waals surface area contributed by atoms with Crippen molar-refractivity contribution in [1.82, 2.24) is 9.88 Å². The molecule has 1 aliphatic rings. The van der Waals surface area contributed by atoms with Crippen LogP contribution in [0.5, 0.6) is 5.75 Å². The van der Waals surface area contributed by atoms with Gasteiger partial charge >= 0.3 is 6.03 Å². The molecule has 1 aliphatic heterocycles. The lowest BCUT2D eigenvalue weighted by Gasteiger charge is -2.27. The first-order valence-electron chi connectivity index (χ1n) is 15.0. The Hall–Kier alpha value is -4.72. The van der Waals surface area contributed by atoms with Gasteiger partial charge in [-0.25, -0.2) is 4.79 Å². The smallest absolute Gasteiger partial charge is 0.323 e. The zero-order chi connectivity index (χ0) is 30.5. The molecule has 0 radical (unpaired) electrons. The van der Waals surface area contributed by atoms with Crippen molar-refractivity contribution in [3.8, 4) is 16.9 Å². The van der Waals surface area contributed by atoms with Crippen LogP contribution in [0.1, 0.15) is 30.7 Å². The summed E-state index contributed by atoms with van der Waals surface area (Å²) in [6, 6.07) is 32.3. The zero-order valence-corrected chi connectivity index (χ0v) is 25.5. The van der Waals surface area contributed by atoms with Crippen LogP contribution in [0.25, 0.3) is 21.9 Å². The van der Waals surface area contributed by atoms with E-state index in [4.69, 9.17) is 14.5 Å². The van der Waals surface area contributed by atoms with Crippen LogP contribution in [-0.2, 0) is 16.7 Å². The second kappa shape index (κ2) is 12.9. The summed E-state index contributed by atoms with van der Waals surface area (Å²) in [6.07, 6.45) is 1.94. The maximum atomic E-state index is 13.4. The van der Waals surface area contributed by atoms with Crippen molar-refractivity contribution < 1.29 is 14.3 Å². The molecule has 6 rings (SSSR count). The lowest BCUT2D eigenvalue weighted by atomic mass is 9.78. The van der Waals surface area contributed by atoms with Crippen molar-refractivity contribution in [2.45, 2.75) is 25.8 Å². The number of hydrogen-bond acceptors (Lipinski definition) is 5. The van der Waals surface area contributed by atoms with E-state index in [1.807, 2.05) is 72.9 Å². The maximum Gasteiger partial charge on any atom is 0.323 e. The number of aromatic nitrogens is 1. The number of urea groups is 1. The van der Waals surface area contributed by atoms with Gasteiger partial charge in [0.2, 0.25) is 0 Å². The standard InChI is InChI=1S/C37H38N4O3/c1-37(2,27-9-5-4-6-10-27)28-14-18-35(43-3)34(23-28)40-36(42)39-33-17-16-30(31-11-7-8-12-32(31)33)26-13-15-29(38-24-26)25-41-19-21-44-22-20-41/h4-18,23-24H,19-22,25H2,1-3H3,(H2,39,40,42). The molecule has 0 unspecified atom stereocenters. The van der Waals surface area contributed by atoms with Gasteiger partial charge in [-0.15, -0.1) is 0 Å². The monoisotopic (exact) mass is 586 g/mol. The predicted molar refractivity (Wildman–Crippen MR) is 177 cm³/mol. The van der Waals surface area contributed by atoms with Gasteiger partial charge in [-0.2, -0.15) is 0 Å². The second-order valence-corrected chi connectivity index (χ2v) is 11.6. The molecule has 0 atom stereocenters. The Bertz CT molecular complexity index is 1750. The molecule has 2 N–H and O–H groups in total. The van der Waals surface area contributed by atoms with Gasteiger partial charge in [0.15, 0.2) is 0 Å². The minimum Gasteiger partial charge on any atom is -0.495 e. The van der Waals surface area contributed by atoms with Gasteiger partial charge in [0.25, 0.3) is 0 Å². The van der Waals surface area contributed by atoms with Crippen LogP contribution in [0.15, 0.2) is 103 Å². The molecule has 44 heavy (non-hydrogen) atoms. The molecular formula is C37H38N4O3. The molecule has 7 heteroatoms. The van der Waals surface area contributed by atoms with Crippen LogP contribution in [-0.4, -0.2) is 49.3 Å². The number of anilines is 2. The highest BCUT2D eigenvalue weighted by Crippen LogP contribution is 2.37. The lowest BCUT2D eigenvalue weighted by Crippen LogP contribution is -2.35. The van der Waals surface area contributed by atoms with Gasteiger partial charge in [0.05, 0.1) is 37.4 Å². The first-order chi connectivity index (χ1) is 21.4. The third kappa shape index (κ3) is 6.30. The fraction of sp³-hybridized carbons (Fsp3) is 0.243. The number of morpholine rings is 1. The van der Waals surface area contributed by atoms with Gasteiger partial charge < -0.3 is 20.1 Å². The van der Waals surface area contributed by atoms with Crippen LogP contribution in [0, 0.1) is 0 Å². The molecule has 0 saturated carbocycles. The third-order valence-electron chi connectivity index (χ3n) is 8.46. The van der Waals surface area contributed by atoms with Crippen LogP contribution in [0.2, 0.25) is 0 Å². The molecule has 0 aliphatic carbocycles. The van der Waals surface area contributed by atoms with E-state index in [0.29, 0.717) is 11.4 Å². The van der Waals surface area contributed by atoms with E-state index in [1.54, 1.807) is 7.11 Å². The number of fused-ring (bicyclic) bond motifs is 1. The highest BCUT2D eigenvalue weighted by molar-refractivity contribution is 6.10. The average Bonchev–Trinajstić information content (AvgIpc) is 3.06. The number of benzene rings is 4. The van der Waals surface area contributed by atoms with E-state index in [1.165, 1.54) is 5.56 Å². The molecule has 1 aromatic heterocycles. The summed E-state index contributed by atoms with van der Waals surface area (Å²) in [4.78, 5) is 20.5. The van der Waals surface area contributed by atoms with Gasteiger partial charge in [-0.05, 0) is 46.3 Å². The van der Waals surface area contributed by atoms with Crippen molar-refractivity contribution >= 4 is 28.2 Å². The Morgan fingerprint density at radius 3 is 2.30 bits per heavy atom. The largest absolute Gasteiger partial charge is 0.495 e. The number of hydrogen-bond donors (Lipinski definition) is 2. The minimum absolute atomic E-state index is 0.262. The zero-order valence-electron chi connectivity index (χ0n) is 25.5. The fourth-order valence-corrected chi connectivity index (χ4v) is 5.82. The molecular weight excluding hydrogens is 548 g/mol. The molecule has 4 aromatic carbocycles. The molecule has 1 fully saturated rings. The molecule has 2 amide bonds. The Balaban J connectivity index is 1.22. The lowest BCUT2D eigenvalue weighted by molar-refractivity contribution is 0.0336. The molecule has 224 valence electrons. The number of pyridine rings is 1. The van der Waals surface area contributed by atoms with E-state index < -0.39 is 0 Å². The van der Waals surface area contributed by atoms with E-state index in [0.717, 1.165) is 71.7 Å². The fourth-order valence-electron chi connectivity index (χ4n) is 5.82. The molecule has 0 bridgehead atoms. The van der Waals surface area contributed by atoms with Crippen molar-refractivity contribution in [1.29, 1.82) is 0 Å². The number of nitrogens with zero attached hydrogens (tertiary/aromatic N) is 2. The number of nitrogens with one attached hydrogen (secondary N) is 2. The molecule has 5 aromatic rings. The average molecular weight is 587 g/mol. The maximum absolute atomic E-state index is 13.4. The minimum atomic E-state index is -0.343. The topological polar surface area (TPSA) is 75.7 Å². The first-order valence-corrected chi connectivity index (χ1v) is 15.0. The van der Waals surface area contributed by atoms with E-state index in [9.17, 15) is 4.79 Å². The molecule has 2 heterocycles. The van der Waals surface area contributed by atoms with E-state index >= 15 is 0 Å². The number of rotatable bonds is 8. The Labute approximate surface area is 258 Å². The number of methoxy groups -OCH3 is 1. The summed E-state index contributed by atoms with van der Waals surface area (Å²) in [5.74, 6) is 0.595. The van der Waals surface area contributed by atoms with E-state index in [-0.39, 0.29) is 11.4 Å². The number of ether oxygens (including phenoxy) is 2. The Morgan fingerprint density at radius 1 is 0.841 bits per heavy atom.